The molecule has 28 heavy (non-hydrogen) atoms. The first-order chi connectivity index (χ1) is 13.4. The number of aryl methyl sites for hydroxylation is 3. The number of carbonyl (C=O) groups is 2. The van der Waals surface area contributed by atoms with Crippen molar-refractivity contribution in [1.82, 2.24) is 0 Å². The molecule has 1 aromatic heterocycles. The van der Waals surface area contributed by atoms with Gasteiger partial charge in [0.05, 0.1) is 7.11 Å². The topological polar surface area (TPSA) is 55.4 Å². The molecule has 3 rings (SSSR count). The maximum Gasteiger partial charge on any atom is 0.341 e. The van der Waals surface area contributed by atoms with Gasteiger partial charge in [0.25, 0.3) is 0 Å². The van der Waals surface area contributed by atoms with Crippen molar-refractivity contribution in [2.45, 2.75) is 59.3 Å². The zero-order chi connectivity index (χ0) is 20.3. The second kappa shape index (κ2) is 8.91. The Morgan fingerprint density at radius 2 is 1.82 bits per heavy atom. The molecule has 1 amide bonds. The molecule has 0 spiro atoms. The lowest BCUT2D eigenvalue weighted by Gasteiger charge is -2.20. The molecule has 0 bridgehead atoms. The van der Waals surface area contributed by atoms with Gasteiger partial charge in [-0.1, -0.05) is 37.5 Å². The highest BCUT2D eigenvalue weighted by molar-refractivity contribution is 7.17. The van der Waals surface area contributed by atoms with Gasteiger partial charge in [-0.05, 0) is 56.2 Å². The second-order valence-electron chi connectivity index (χ2n) is 7.78. The number of benzene rings is 1. The summed E-state index contributed by atoms with van der Waals surface area (Å²) in [6, 6.07) is 6.17. The lowest BCUT2D eigenvalue weighted by atomic mass is 9.87. The first kappa shape index (κ1) is 20.6. The minimum atomic E-state index is -0.412. The molecule has 0 aliphatic heterocycles. The second-order valence-corrected chi connectivity index (χ2v) is 9.01. The van der Waals surface area contributed by atoms with Crippen LogP contribution in [0.25, 0.3) is 11.1 Å². The lowest BCUT2D eigenvalue weighted by molar-refractivity contribution is -0.117. The Kier molecular flexibility index (Phi) is 6.55. The molecule has 0 radical (unpaired) electrons. The normalized spacial score (nSPS) is 14.7. The van der Waals surface area contributed by atoms with Crippen LogP contribution >= 0.6 is 11.3 Å². The van der Waals surface area contributed by atoms with E-state index in [9.17, 15) is 9.59 Å². The van der Waals surface area contributed by atoms with Crippen LogP contribution in [-0.4, -0.2) is 19.0 Å². The number of hydrogen-bond donors (Lipinski definition) is 1. The van der Waals surface area contributed by atoms with Gasteiger partial charge < -0.3 is 10.1 Å². The van der Waals surface area contributed by atoms with E-state index in [1.54, 1.807) is 0 Å². The van der Waals surface area contributed by atoms with Gasteiger partial charge in [0.1, 0.15) is 10.6 Å². The molecule has 0 unspecified atom stereocenters. The predicted molar refractivity (Wildman–Crippen MR) is 115 cm³/mol. The monoisotopic (exact) mass is 399 g/mol. The third-order valence-corrected chi connectivity index (χ3v) is 6.74. The van der Waals surface area contributed by atoms with Crippen molar-refractivity contribution in [3.8, 4) is 11.1 Å². The highest BCUT2D eigenvalue weighted by Crippen LogP contribution is 2.41. The molecule has 0 atom stereocenters. The van der Waals surface area contributed by atoms with E-state index in [1.165, 1.54) is 48.8 Å². The van der Waals surface area contributed by atoms with Gasteiger partial charge in [-0.2, -0.15) is 0 Å². The van der Waals surface area contributed by atoms with Gasteiger partial charge in [0, 0.05) is 16.9 Å². The van der Waals surface area contributed by atoms with Gasteiger partial charge in [0.2, 0.25) is 5.91 Å². The van der Waals surface area contributed by atoms with Crippen LogP contribution in [0.1, 0.15) is 64.9 Å². The number of nitrogens with one attached hydrogen (secondary N) is 1. The number of amides is 1. The number of thiophene rings is 1. The standard InChI is InChI=1S/C23H29NO3S/c1-14-10-11-18(12-15(14)2)20-16(3)28-22(21(20)23(26)27-4)24-19(25)13-17-8-6-5-7-9-17/h10-12,17H,5-9,13H2,1-4H3,(H,24,25). The number of carbonyl (C=O) groups excluding carboxylic acids is 2. The summed E-state index contributed by atoms with van der Waals surface area (Å²) in [6.45, 7) is 6.11. The Balaban J connectivity index is 1.91. The third kappa shape index (κ3) is 4.46. The number of anilines is 1. The highest BCUT2D eigenvalue weighted by atomic mass is 32.1. The average molecular weight is 400 g/mol. The number of hydrogen-bond acceptors (Lipinski definition) is 4. The zero-order valence-corrected chi connectivity index (χ0v) is 18.0. The fraction of sp³-hybridized carbons (Fsp3) is 0.478. The Bertz CT molecular complexity index is 878. The molecule has 1 saturated carbocycles. The number of esters is 1. The molecule has 5 heteroatoms. The van der Waals surface area contributed by atoms with Crippen molar-refractivity contribution < 1.29 is 14.3 Å². The molecule has 1 heterocycles. The molecule has 150 valence electrons. The van der Waals surface area contributed by atoms with Crippen LogP contribution in [0.15, 0.2) is 18.2 Å². The lowest BCUT2D eigenvalue weighted by Crippen LogP contribution is -2.19. The molecular formula is C23H29NO3S. The van der Waals surface area contributed by atoms with E-state index in [1.807, 2.05) is 13.0 Å². The first-order valence-electron chi connectivity index (χ1n) is 10.00. The van der Waals surface area contributed by atoms with Crippen molar-refractivity contribution in [2.75, 3.05) is 12.4 Å². The summed E-state index contributed by atoms with van der Waals surface area (Å²) >= 11 is 1.45. The van der Waals surface area contributed by atoms with Gasteiger partial charge in [-0.3, -0.25) is 4.79 Å². The summed E-state index contributed by atoms with van der Waals surface area (Å²) in [4.78, 5) is 26.2. The largest absolute Gasteiger partial charge is 0.465 e. The van der Waals surface area contributed by atoms with E-state index in [0.29, 0.717) is 22.9 Å². The summed E-state index contributed by atoms with van der Waals surface area (Å²) in [6.07, 6.45) is 6.45. The van der Waals surface area contributed by atoms with Crippen LogP contribution in [0, 0.1) is 26.7 Å². The van der Waals surface area contributed by atoms with Crippen LogP contribution in [0.2, 0.25) is 0 Å². The van der Waals surface area contributed by atoms with Gasteiger partial charge in [0.15, 0.2) is 0 Å². The van der Waals surface area contributed by atoms with Crippen LogP contribution in [0.4, 0.5) is 5.00 Å². The summed E-state index contributed by atoms with van der Waals surface area (Å²) < 4.78 is 5.05. The van der Waals surface area contributed by atoms with Crippen LogP contribution in [0.5, 0.6) is 0 Å². The van der Waals surface area contributed by atoms with Crippen LogP contribution < -0.4 is 5.32 Å². The van der Waals surface area contributed by atoms with E-state index in [2.05, 4.69) is 31.3 Å². The molecule has 1 fully saturated rings. The van der Waals surface area contributed by atoms with E-state index >= 15 is 0 Å². The minimum absolute atomic E-state index is 0.00932. The SMILES string of the molecule is COC(=O)c1c(NC(=O)CC2CCCCC2)sc(C)c1-c1ccc(C)c(C)c1. The Morgan fingerprint density at radius 1 is 1.11 bits per heavy atom. The molecule has 2 aromatic rings. The van der Waals surface area contributed by atoms with Gasteiger partial charge in [-0.25, -0.2) is 4.79 Å². The number of methoxy groups -OCH3 is 1. The number of ether oxygens (including phenoxy) is 1. The molecule has 1 aliphatic rings. The van der Waals surface area contributed by atoms with E-state index in [4.69, 9.17) is 4.74 Å². The molecule has 0 saturated heterocycles. The van der Waals surface area contributed by atoms with Crippen molar-refractivity contribution in [1.29, 1.82) is 0 Å². The molecular weight excluding hydrogens is 370 g/mol. The average Bonchev–Trinajstić information content (AvgIpc) is 2.99. The van der Waals surface area contributed by atoms with Crippen molar-refractivity contribution in [3.63, 3.8) is 0 Å². The van der Waals surface area contributed by atoms with E-state index in [0.717, 1.165) is 28.8 Å². The van der Waals surface area contributed by atoms with Crippen LogP contribution in [0.3, 0.4) is 0 Å². The Labute approximate surface area is 171 Å². The zero-order valence-electron chi connectivity index (χ0n) is 17.2. The van der Waals surface area contributed by atoms with Crippen molar-refractivity contribution in [2.24, 2.45) is 5.92 Å². The maximum absolute atomic E-state index is 12.6. The summed E-state index contributed by atoms with van der Waals surface area (Å²) in [7, 11) is 1.38. The fourth-order valence-corrected chi connectivity index (χ4v) is 5.09. The summed E-state index contributed by atoms with van der Waals surface area (Å²) in [5.41, 5.74) is 4.67. The molecule has 1 aliphatic carbocycles. The van der Waals surface area contributed by atoms with E-state index in [-0.39, 0.29) is 5.91 Å². The quantitative estimate of drug-likeness (QED) is 0.624. The fourth-order valence-electron chi connectivity index (χ4n) is 4.01. The Morgan fingerprint density at radius 3 is 2.46 bits per heavy atom. The smallest absolute Gasteiger partial charge is 0.341 e. The maximum atomic E-state index is 12.6. The molecule has 1 N–H and O–H groups in total. The summed E-state index contributed by atoms with van der Waals surface area (Å²) in [5, 5.41) is 3.60. The van der Waals surface area contributed by atoms with Crippen molar-refractivity contribution >= 4 is 28.2 Å². The molecule has 1 aromatic carbocycles. The number of rotatable bonds is 5. The van der Waals surface area contributed by atoms with Gasteiger partial charge >= 0.3 is 5.97 Å². The molecule has 4 nitrogen and oxygen atoms in total. The minimum Gasteiger partial charge on any atom is -0.465 e. The highest BCUT2D eigenvalue weighted by Gasteiger charge is 2.26. The van der Waals surface area contributed by atoms with Gasteiger partial charge in [-0.15, -0.1) is 11.3 Å². The summed E-state index contributed by atoms with van der Waals surface area (Å²) in [5.74, 6) is 0.0334. The third-order valence-electron chi connectivity index (χ3n) is 5.72. The first-order valence-corrected chi connectivity index (χ1v) is 10.8. The Hall–Kier alpha value is -2.14. The predicted octanol–water partition coefficient (Wildman–Crippen LogP) is 6.04. The van der Waals surface area contributed by atoms with Crippen LogP contribution in [-0.2, 0) is 9.53 Å². The van der Waals surface area contributed by atoms with E-state index < -0.39 is 5.97 Å². The van der Waals surface area contributed by atoms with Crippen molar-refractivity contribution in [3.05, 3.63) is 39.8 Å².